The van der Waals surface area contributed by atoms with Crippen molar-refractivity contribution in [1.82, 2.24) is 5.32 Å². The van der Waals surface area contributed by atoms with Crippen molar-refractivity contribution in [1.29, 1.82) is 0 Å². The largest absolute Gasteiger partial charge is 0.313 e. The van der Waals surface area contributed by atoms with Gasteiger partial charge < -0.3 is 5.32 Å². The predicted octanol–water partition coefficient (Wildman–Crippen LogP) is 2.55. The number of rotatable bonds is 5. The second-order valence-corrected chi connectivity index (χ2v) is 4.49. The van der Waals surface area contributed by atoms with E-state index in [2.05, 4.69) is 35.5 Å². The van der Waals surface area contributed by atoms with Crippen molar-refractivity contribution in [3.63, 3.8) is 0 Å². The summed E-state index contributed by atoms with van der Waals surface area (Å²) in [7, 11) is 0. The first-order chi connectivity index (χ1) is 7.90. The molecule has 1 N–H and O–H groups in total. The Hall–Kier alpha value is -1.26. The molecule has 1 nitrogen and oxygen atoms in total. The van der Waals surface area contributed by atoms with Crippen LogP contribution in [0.15, 0.2) is 24.3 Å². The second-order valence-electron chi connectivity index (χ2n) is 4.49. The third-order valence-electron chi connectivity index (χ3n) is 3.23. The minimum Gasteiger partial charge on any atom is -0.313 e. The molecule has 2 rings (SSSR count). The van der Waals surface area contributed by atoms with Crippen LogP contribution in [0.1, 0.15) is 30.4 Å². The molecule has 1 aromatic carbocycles. The molecule has 0 amide bonds. The highest BCUT2D eigenvalue weighted by Gasteiger charge is 2.19. The zero-order chi connectivity index (χ0) is 11.2. The Balaban J connectivity index is 1.70. The molecule has 0 saturated heterocycles. The number of benzene rings is 1. The van der Waals surface area contributed by atoms with Gasteiger partial charge in [0.05, 0.1) is 0 Å². The lowest BCUT2D eigenvalue weighted by Crippen LogP contribution is -2.30. The van der Waals surface area contributed by atoms with Crippen molar-refractivity contribution < 1.29 is 0 Å². The van der Waals surface area contributed by atoms with Gasteiger partial charge in [0.15, 0.2) is 0 Å². The van der Waals surface area contributed by atoms with Crippen LogP contribution in [0.25, 0.3) is 0 Å². The van der Waals surface area contributed by atoms with E-state index in [1.165, 1.54) is 30.4 Å². The van der Waals surface area contributed by atoms with Gasteiger partial charge in [0, 0.05) is 12.5 Å². The Kier molecular flexibility index (Phi) is 4.02. The topological polar surface area (TPSA) is 12.0 Å². The Morgan fingerprint density at radius 1 is 1.19 bits per heavy atom. The van der Waals surface area contributed by atoms with E-state index < -0.39 is 0 Å². The summed E-state index contributed by atoms with van der Waals surface area (Å²) in [5.41, 5.74) is 3.03. The fraction of sp³-hybridized carbons (Fsp3) is 0.467. The number of hydrogen-bond donors (Lipinski definition) is 1. The molecule has 1 aromatic rings. The van der Waals surface area contributed by atoms with Crippen molar-refractivity contribution in [3.05, 3.63) is 35.4 Å². The standard InChI is InChI=1S/C15H19N/c1-2-3-4-7-10-16-15-11-13-8-5-6-9-14(13)12-15/h1,5-6,8-9,15-16H,3-4,7,10-12H2. The maximum absolute atomic E-state index is 5.22. The van der Waals surface area contributed by atoms with Gasteiger partial charge in [-0.1, -0.05) is 24.3 Å². The van der Waals surface area contributed by atoms with Gasteiger partial charge in [-0.3, -0.25) is 0 Å². The smallest absolute Gasteiger partial charge is 0.0148 e. The molecule has 0 fully saturated rings. The lowest BCUT2D eigenvalue weighted by Gasteiger charge is -2.10. The van der Waals surface area contributed by atoms with Gasteiger partial charge in [-0.05, 0) is 43.4 Å². The molecular weight excluding hydrogens is 194 g/mol. The zero-order valence-electron chi connectivity index (χ0n) is 9.71. The molecule has 84 valence electrons. The van der Waals surface area contributed by atoms with Crippen molar-refractivity contribution in [2.24, 2.45) is 0 Å². The third kappa shape index (κ3) is 2.87. The summed E-state index contributed by atoms with van der Waals surface area (Å²) in [4.78, 5) is 0. The maximum atomic E-state index is 5.22. The molecule has 0 radical (unpaired) electrons. The predicted molar refractivity (Wildman–Crippen MR) is 68.3 cm³/mol. The first-order valence-electron chi connectivity index (χ1n) is 6.14. The Labute approximate surface area is 98.3 Å². The van der Waals surface area contributed by atoms with Crippen LogP contribution < -0.4 is 5.32 Å². The molecule has 0 atom stereocenters. The van der Waals surface area contributed by atoms with Gasteiger partial charge in [-0.2, -0.15) is 0 Å². The molecule has 1 aliphatic rings. The van der Waals surface area contributed by atoms with Crippen LogP contribution >= 0.6 is 0 Å². The van der Waals surface area contributed by atoms with Crippen LogP contribution in [0, 0.1) is 12.3 Å². The summed E-state index contributed by atoms with van der Waals surface area (Å²) >= 11 is 0. The van der Waals surface area contributed by atoms with Crippen LogP contribution in [0.4, 0.5) is 0 Å². The number of fused-ring (bicyclic) bond motifs is 1. The zero-order valence-corrected chi connectivity index (χ0v) is 9.71. The van der Waals surface area contributed by atoms with E-state index in [-0.39, 0.29) is 0 Å². The molecule has 0 bridgehead atoms. The van der Waals surface area contributed by atoms with Crippen molar-refractivity contribution in [2.45, 2.75) is 38.1 Å². The fourth-order valence-electron chi connectivity index (χ4n) is 2.36. The quantitative estimate of drug-likeness (QED) is 0.585. The fourth-order valence-corrected chi connectivity index (χ4v) is 2.36. The molecule has 0 saturated carbocycles. The first-order valence-corrected chi connectivity index (χ1v) is 6.14. The monoisotopic (exact) mass is 213 g/mol. The molecule has 0 unspecified atom stereocenters. The normalized spacial score (nSPS) is 14.7. The number of unbranched alkanes of at least 4 members (excludes halogenated alkanes) is 2. The number of nitrogens with one attached hydrogen (secondary N) is 1. The third-order valence-corrected chi connectivity index (χ3v) is 3.23. The van der Waals surface area contributed by atoms with Gasteiger partial charge in [0.2, 0.25) is 0 Å². The van der Waals surface area contributed by atoms with E-state index in [4.69, 9.17) is 6.42 Å². The lowest BCUT2D eigenvalue weighted by molar-refractivity contribution is 0.517. The van der Waals surface area contributed by atoms with Crippen LogP contribution in [0.3, 0.4) is 0 Å². The average Bonchev–Trinajstić information content (AvgIpc) is 2.71. The van der Waals surface area contributed by atoms with E-state index in [1.54, 1.807) is 0 Å². The highest BCUT2D eigenvalue weighted by Crippen LogP contribution is 2.21. The van der Waals surface area contributed by atoms with Crippen molar-refractivity contribution >= 4 is 0 Å². The number of terminal acetylenes is 1. The van der Waals surface area contributed by atoms with E-state index in [9.17, 15) is 0 Å². The molecule has 1 aliphatic carbocycles. The van der Waals surface area contributed by atoms with Crippen LogP contribution in [0.5, 0.6) is 0 Å². The molecule has 0 spiro atoms. The Morgan fingerprint density at radius 3 is 2.50 bits per heavy atom. The first kappa shape index (κ1) is 11.2. The van der Waals surface area contributed by atoms with Gasteiger partial charge in [-0.15, -0.1) is 12.3 Å². The molecule has 1 heteroatoms. The minimum atomic E-state index is 0.642. The molecule has 16 heavy (non-hydrogen) atoms. The maximum Gasteiger partial charge on any atom is 0.0148 e. The highest BCUT2D eigenvalue weighted by atomic mass is 14.9. The minimum absolute atomic E-state index is 0.642. The van der Waals surface area contributed by atoms with Gasteiger partial charge in [0.25, 0.3) is 0 Å². The summed E-state index contributed by atoms with van der Waals surface area (Å²) in [6.45, 7) is 1.10. The molecule has 0 aliphatic heterocycles. The summed E-state index contributed by atoms with van der Waals surface area (Å²) in [5.74, 6) is 2.68. The number of hydrogen-bond acceptors (Lipinski definition) is 1. The summed E-state index contributed by atoms with van der Waals surface area (Å²) < 4.78 is 0. The van der Waals surface area contributed by atoms with Crippen LogP contribution in [0.2, 0.25) is 0 Å². The molecule has 0 aromatic heterocycles. The van der Waals surface area contributed by atoms with Crippen molar-refractivity contribution in [3.8, 4) is 12.3 Å². The van der Waals surface area contributed by atoms with E-state index >= 15 is 0 Å². The molecular formula is C15H19N. The second kappa shape index (κ2) is 5.72. The SMILES string of the molecule is C#CCCCCNC1Cc2ccccc2C1. The average molecular weight is 213 g/mol. The van der Waals surface area contributed by atoms with Gasteiger partial charge in [0.1, 0.15) is 0 Å². The van der Waals surface area contributed by atoms with Gasteiger partial charge >= 0.3 is 0 Å². The summed E-state index contributed by atoms with van der Waals surface area (Å²) in [5, 5.41) is 3.62. The van der Waals surface area contributed by atoms with E-state index in [0.717, 1.165) is 19.4 Å². The highest BCUT2D eigenvalue weighted by molar-refractivity contribution is 5.33. The Morgan fingerprint density at radius 2 is 1.88 bits per heavy atom. The van der Waals surface area contributed by atoms with E-state index in [1.807, 2.05) is 0 Å². The summed E-state index contributed by atoms with van der Waals surface area (Å²) in [6.07, 6.45) is 10.8. The van der Waals surface area contributed by atoms with E-state index in [0.29, 0.717) is 6.04 Å². The van der Waals surface area contributed by atoms with Crippen LogP contribution in [-0.4, -0.2) is 12.6 Å². The Bertz CT molecular complexity index is 350. The summed E-state index contributed by atoms with van der Waals surface area (Å²) in [6, 6.07) is 9.40. The van der Waals surface area contributed by atoms with Gasteiger partial charge in [-0.25, -0.2) is 0 Å². The molecule has 0 heterocycles. The van der Waals surface area contributed by atoms with Crippen molar-refractivity contribution in [2.75, 3.05) is 6.54 Å². The lowest BCUT2D eigenvalue weighted by atomic mass is 10.1. The van der Waals surface area contributed by atoms with Crippen LogP contribution in [-0.2, 0) is 12.8 Å².